The number of rotatable bonds is 4. The highest BCUT2D eigenvalue weighted by Crippen LogP contribution is 2.46. The van der Waals surface area contributed by atoms with Gasteiger partial charge in [0.05, 0.1) is 19.8 Å². The van der Waals surface area contributed by atoms with E-state index >= 15 is 0 Å². The van der Waals surface area contributed by atoms with E-state index in [1.165, 1.54) is 19.4 Å². The third-order valence-electron chi connectivity index (χ3n) is 3.07. The van der Waals surface area contributed by atoms with Crippen LogP contribution in [-0.2, 0) is 9.47 Å². The number of methoxy groups -OCH3 is 1. The molecule has 2 aliphatic rings. The van der Waals surface area contributed by atoms with Crippen LogP contribution in [0, 0.1) is 5.41 Å². The summed E-state index contributed by atoms with van der Waals surface area (Å²) in [5.41, 5.74) is 0.506. The van der Waals surface area contributed by atoms with Crippen LogP contribution in [0.4, 0.5) is 0 Å². The Morgan fingerprint density at radius 3 is 2.00 bits per heavy atom. The molecule has 1 saturated heterocycles. The van der Waals surface area contributed by atoms with E-state index in [9.17, 15) is 0 Å². The van der Waals surface area contributed by atoms with E-state index in [0.29, 0.717) is 5.41 Å². The molecule has 0 radical (unpaired) electrons. The molecule has 1 saturated carbocycles. The minimum absolute atomic E-state index is 0.506. The molecular formula is C14H31NO2. The number of ether oxygens (including phenoxy) is 2. The highest BCUT2D eigenvalue weighted by molar-refractivity contribution is 4.95. The Morgan fingerprint density at radius 2 is 1.59 bits per heavy atom. The van der Waals surface area contributed by atoms with Crippen LogP contribution in [0.3, 0.4) is 0 Å². The van der Waals surface area contributed by atoms with Gasteiger partial charge >= 0.3 is 0 Å². The van der Waals surface area contributed by atoms with E-state index in [1.807, 2.05) is 27.7 Å². The highest BCUT2D eigenvalue weighted by atomic mass is 16.5. The zero-order valence-electron chi connectivity index (χ0n) is 12.4. The van der Waals surface area contributed by atoms with Gasteiger partial charge in [-0.3, -0.25) is 4.90 Å². The van der Waals surface area contributed by atoms with E-state index in [-0.39, 0.29) is 0 Å². The monoisotopic (exact) mass is 245 g/mol. The lowest BCUT2D eigenvalue weighted by atomic mass is 10.1. The first-order valence-corrected chi connectivity index (χ1v) is 7.14. The maximum Gasteiger partial charge on any atom is 0.0594 e. The van der Waals surface area contributed by atoms with Crippen molar-refractivity contribution in [3.05, 3.63) is 0 Å². The summed E-state index contributed by atoms with van der Waals surface area (Å²) in [7, 11) is 1.80. The fraction of sp³-hybridized carbons (Fsp3) is 1.00. The van der Waals surface area contributed by atoms with Gasteiger partial charge < -0.3 is 9.47 Å². The van der Waals surface area contributed by atoms with Crippen LogP contribution in [0.15, 0.2) is 0 Å². The van der Waals surface area contributed by atoms with E-state index in [1.54, 1.807) is 7.11 Å². The van der Waals surface area contributed by atoms with E-state index in [0.717, 1.165) is 32.9 Å². The Labute approximate surface area is 107 Å². The average molecular weight is 245 g/mol. The zero-order chi connectivity index (χ0) is 13.1. The fourth-order valence-electron chi connectivity index (χ4n) is 2.06. The Balaban J connectivity index is 0.000000581. The van der Waals surface area contributed by atoms with Gasteiger partial charge in [0.15, 0.2) is 0 Å². The minimum atomic E-state index is 0.506. The third-order valence-corrected chi connectivity index (χ3v) is 3.07. The molecule has 0 unspecified atom stereocenters. The van der Waals surface area contributed by atoms with Crippen molar-refractivity contribution in [1.82, 2.24) is 4.90 Å². The number of morpholine rings is 1. The average Bonchev–Trinajstić information content (AvgIpc) is 3.15. The van der Waals surface area contributed by atoms with Gasteiger partial charge in [0, 0.05) is 32.2 Å². The van der Waals surface area contributed by atoms with Gasteiger partial charge in [-0.05, 0) is 12.8 Å². The molecule has 0 aromatic carbocycles. The number of hydrogen-bond donors (Lipinski definition) is 0. The summed E-state index contributed by atoms with van der Waals surface area (Å²) in [4.78, 5) is 2.51. The molecular weight excluding hydrogens is 214 g/mol. The molecule has 0 amide bonds. The number of hydrogen-bond acceptors (Lipinski definition) is 3. The largest absolute Gasteiger partial charge is 0.384 e. The first-order chi connectivity index (χ1) is 8.35. The number of nitrogens with zero attached hydrogens (tertiary/aromatic N) is 1. The van der Waals surface area contributed by atoms with Gasteiger partial charge in [0.1, 0.15) is 0 Å². The first-order valence-electron chi connectivity index (χ1n) is 7.14. The normalized spacial score (nSPS) is 21.7. The Kier molecular flexibility index (Phi) is 9.79. The molecule has 1 heterocycles. The second-order valence-electron chi connectivity index (χ2n) is 4.32. The molecule has 3 nitrogen and oxygen atoms in total. The molecule has 104 valence electrons. The fourth-order valence-corrected chi connectivity index (χ4v) is 2.06. The molecule has 0 aromatic heterocycles. The Hall–Kier alpha value is -0.120. The topological polar surface area (TPSA) is 21.7 Å². The van der Waals surface area contributed by atoms with Crippen LogP contribution in [-0.4, -0.2) is 51.5 Å². The van der Waals surface area contributed by atoms with Crippen LogP contribution in [0.2, 0.25) is 0 Å². The van der Waals surface area contributed by atoms with Gasteiger partial charge in [-0.25, -0.2) is 0 Å². The van der Waals surface area contributed by atoms with Crippen molar-refractivity contribution in [2.24, 2.45) is 5.41 Å². The predicted molar refractivity (Wildman–Crippen MR) is 73.5 cm³/mol. The second-order valence-corrected chi connectivity index (χ2v) is 4.32. The van der Waals surface area contributed by atoms with Crippen LogP contribution in [0.1, 0.15) is 40.5 Å². The summed E-state index contributed by atoms with van der Waals surface area (Å²) in [6.45, 7) is 14.2. The predicted octanol–water partition coefficient (Wildman–Crippen LogP) is 2.80. The van der Waals surface area contributed by atoms with Gasteiger partial charge in [-0.2, -0.15) is 0 Å². The van der Waals surface area contributed by atoms with Crippen LogP contribution < -0.4 is 0 Å². The van der Waals surface area contributed by atoms with E-state index in [4.69, 9.17) is 9.47 Å². The van der Waals surface area contributed by atoms with Crippen molar-refractivity contribution in [3.63, 3.8) is 0 Å². The van der Waals surface area contributed by atoms with Crippen LogP contribution >= 0.6 is 0 Å². The van der Waals surface area contributed by atoms with Crippen LogP contribution in [0.5, 0.6) is 0 Å². The lowest BCUT2D eigenvalue weighted by Crippen LogP contribution is -2.40. The highest BCUT2D eigenvalue weighted by Gasteiger charge is 2.43. The molecule has 0 bridgehead atoms. The summed E-state index contributed by atoms with van der Waals surface area (Å²) >= 11 is 0. The van der Waals surface area contributed by atoms with Gasteiger partial charge in [-0.1, -0.05) is 27.7 Å². The minimum Gasteiger partial charge on any atom is -0.384 e. The molecule has 0 aromatic rings. The molecule has 0 N–H and O–H groups in total. The summed E-state index contributed by atoms with van der Waals surface area (Å²) < 4.78 is 10.6. The van der Waals surface area contributed by atoms with Crippen molar-refractivity contribution in [1.29, 1.82) is 0 Å². The van der Waals surface area contributed by atoms with Crippen molar-refractivity contribution < 1.29 is 9.47 Å². The lowest BCUT2D eigenvalue weighted by Gasteiger charge is -2.30. The molecule has 0 atom stereocenters. The van der Waals surface area contributed by atoms with Gasteiger partial charge in [-0.15, -0.1) is 0 Å². The smallest absolute Gasteiger partial charge is 0.0594 e. The molecule has 2 fully saturated rings. The first kappa shape index (κ1) is 16.9. The van der Waals surface area contributed by atoms with Crippen molar-refractivity contribution in [2.45, 2.75) is 40.5 Å². The van der Waals surface area contributed by atoms with E-state index < -0.39 is 0 Å². The van der Waals surface area contributed by atoms with Gasteiger partial charge in [0.2, 0.25) is 0 Å². The standard InChI is InChI=1S/C10H19NO2.2C2H6/c1-12-9-10(2-3-10)8-11-4-6-13-7-5-11;2*1-2/h2-9H2,1H3;2*1-2H3. The Bertz CT molecular complexity index is 164. The van der Waals surface area contributed by atoms with Gasteiger partial charge in [0.25, 0.3) is 0 Å². The summed E-state index contributed by atoms with van der Waals surface area (Å²) in [6.07, 6.45) is 2.69. The van der Waals surface area contributed by atoms with Crippen LogP contribution in [0.25, 0.3) is 0 Å². The van der Waals surface area contributed by atoms with Crippen molar-refractivity contribution in [2.75, 3.05) is 46.6 Å². The molecule has 2 rings (SSSR count). The van der Waals surface area contributed by atoms with Crippen molar-refractivity contribution >= 4 is 0 Å². The molecule has 17 heavy (non-hydrogen) atoms. The molecule has 3 heteroatoms. The maximum atomic E-state index is 5.32. The third kappa shape index (κ3) is 6.39. The van der Waals surface area contributed by atoms with E-state index in [2.05, 4.69) is 4.90 Å². The summed E-state index contributed by atoms with van der Waals surface area (Å²) in [6, 6.07) is 0. The zero-order valence-corrected chi connectivity index (χ0v) is 12.4. The molecule has 0 spiro atoms. The summed E-state index contributed by atoms with van der Waals surface area (Å²) in [5.74, 6) is 0. The molecule has 1 aliphatic carbocycles. The Morgan fingerprint density at radius 1 is 1.06 bits per heavy atom. The SMILES string of the molecule is CC.CC.COCC1(CN2CCOCC2)CC1. The quantitative estimate of drug-likeness (QED) is 0.760. The summed E-state index contributed by atoms with van der Waals surface area (Å²) in [5, 5.41) is 0. The van der Waals surface area contributed by atoms with Crippen molar-refractivity contribution in [3.8, 4) is 0 Å². The molecule has 1 aliphatic heterocycles. The maximum absolute atomic E-state index is 5.32. The lowest BCUT2D eigenvalue weighted by molar-refractivity contribution is 0.0183. The second kappa shape index (κ2) is 9.86.